The number of hydrogen-bond donors (Lipinski definition) is 1. The fourth-order valence-corrected chi connectivity index (χ4v) is 2.89. The molecule has 0 aliphatic carbocycles. The van der Waals surface area contributed by atoms with Gasteiger partial charge in [0.05, 0.1) is 0 Å². The maximum atomic E-state index is 4.87. The van der Waals surface area contributed by atoms with Crippen LogP contribution >= 0.6 is 0 Å². The molecule has 4 heteroatoms. The molecule has 1 aromatic rings. The van der Waals surface area contributed by atoms with Crippen molar-refractivity contribution in [3.05, 3.63) is 11.4 Å². The van der Waals surface area contributed by atoms with E-state index < -0.39 is 0 Å². The summed E-state index contributed by atoms with van der Waals surface area (Å²) in [5, 5.41) is 3.47. The highest BCUT2D eigenvalue weighted by Crippen LogP contribution is 2.29. The molecule has 0 radical (unpaired) electrons. The molecule has 1 saturated heterocycles. The van der Waals surface area contributed by atoms with Crippen LogP contribution in [-0.4, -0.2) is 29.6 Å². The van der Waals surface area contributed by atoms with E-state index in [0.717, 1.165) is 49.4 Å². The lowest BCUT2D eigenvalue weighted by Gasteiger charge is -2.33. The van der Waals surface area contributed by atoms with Crippen molar-refractivity contribution in [2.45, 2.75) is 59.8 Å². The SMILES string of the molecule is CCCNc1nc(C(C)C)nc(N2CCCC(C)C2)c1C. The highest BCUT2D eigenvalue weighted by molar-refractivity contribution is 5.59. The lowest BCUT2D eigenvalue weighted by atomic mass is 10.00. The van der Waals surface area contributed by atoms with Crippen molar-refractivity contribution in [3.63, 3.8) is 0 Å². The van der Waals surface area contributed by atoms with Crippen molar-refractivity contribution >= 4 is 11.6 Å². The Hall–Kier alpha value is -1.32. The predicted octanol–water partition coefficient (Wildman–Crippen LogP) is 3.97. The van der Waals surface area contributed by atoms with Crippen LogP contribution < -0.4 is 10.2 Å². The molecule has 1 aliphatic rings. The molecule has 0 aromatic carbocycles. The molecular weight excluding hydrogens is 260 g/mol. The first-order valence-electron chi connectivity index (χ1n) is 8.40. The Labute approximate surface area is 129 Å². The average molecular weight is 290 g/mol. The summed E-state index contributed by atoms with van der Waals surface area (Å²) >= 11 is 0. The van der Waals surface area contributed by atoms with Crippen LogP contribution in [0.2, 0.25) is 0 Å². The number of anilines is 2. The van der Waals surface area contributed by atoms with Gasteiger partial charge in [-0.2, -0.15) is 0 Å². The molecule has 0 bridgehead atoms. The smallest absolute Gasteiger partial charge is 0.137 e. The van der Waals surface area contributed by atoms with Crippen LogP contribution in [-0.2, 0) is 0 Å². The number of hydrogen-bond acceptors (Lipinski definition) is 4. The van der Waals surface area contributed by atoms with Gasteiger partial charge >= 0.3 is 0 Å². The van der Waals surface area contributed by atoms with Crippen LogP contribution in [0.15, 0.2) is 0 Å². The highest BCUT2D eigenvalue weighted by Gasteiger charge is 2.22. The van der Waals surface area contributed by atoms with E-state index in [2.05, 4.69) is 44.8 Å². The van der Waals surface area contributed by atoms with E-state index >= 15 is 0 Å². The predicted molar refractivity (Wildman–Crippen MR) is 90.2 cm³/mol. The lowest BCUT2D eigenvalue weighted by molar-refractivity contribution is 0.443. The van der Waals surface area contributed by atoms with Gasteiger partial charge in [0.1, 0.15) is 17.5 Å². The summed E-state index contributed by atoms with van der Waals surface area (Å²) in [4.78, 5) is 12.1. The van der Waals surface area contributed by atoms with E-state index in [-0.39, 0.29) is 0 Å². The van der Waals surface area contributed by atoms with Crippen LogP contribution in [0.25, 0.3) is 0 Å². The second kappa shape index (κ2) is 7.10. The van der Waals surface area contributed by atoms with Gasteiger partial charge in [0, 0.05) is 31.1 Å². The Morgan fingerprint density at radius 1 is 1.33 bits per heavy atom. The molecule has 1 fully saturated rings. The molecule has 2 rings (SSSR count). The van der Waals surface area contributed by atoms with Crippen LogP contribution in [0, 0.1) is 12.8 Å². The second-order valence-corrected chi connectivity index (χ2v) is 6.65. The fraction of sp³-hybridized carbons (Fsp3) is 0.765. The third kappa shape index (κ3) is 3.86. The standard InChI is InChI=1S/C17H30N4/c1-6-9-18-16-14(5)17(20-15(19-16)12(2)3)21-10-7-8-13(4)11-21/h12-13H,6-11H2,1-5H3,(H,18,19,20). The number of nitrogens with one attached hydrogen (secondary N) is 1. The van der Waals surface area contributed by atoms with E-state index in [9.17, 15) is 0 Å². The molecule has 118 valence electrons. The quantitative estimate of drug-likeness (QED) is 0.891. The normalized spacial score (nSPS) is 19.1. The first kappa shape index (κ1) is 16.1. The van der Waals surface area contributed by atoms with Gasteiger partial charge in [0.2, 0.25) is 0 Å². The van der Waals surface area contributed by atoms with E-state index in [1.165, 1.54) is 18.4 Å². The monoisotopic (exact) mass is 290 g/mol. The molecule has 0 spiro atoms. The van der Waals surface area contributed by atoms with Gasteiger partial charge in [-0.3, -0.25) is 0 Å². The minimum Gasteiger partial charge on any atom is -0.370 e. The molecule has 0 saturated carbocycles. The molecule has 1 aliphatic heterocycles. The molecule has 21 heavy (non-hydrogen) atoms. The molecule has 1 aromatic heterocycles. The topological polar surface area (TPSA) is 41.1 Å². The summed E-state index contributed by atoms with van der Waals surface area (Å²) in [6.45, 7) is 14.2. The summed E-state index contributed by atoms with van der Waals surface area (Å²) in [5.41, 5.74) is 1.20. The van der Waals surface area contributed by atoms with E-state index in [1.54, 1.807) is 0 Å². The molecule has 2 heterocycles. The van der Waals surface area contributed by atoms with Gasteiger partial charge in [-0.25, -0.2) is 9.97 Å². The molecule has 0 amide bonds. The summed E-state index contributed by atoms with van der Waals surface area (Å²) in [7, 11) is 0. The average Bonchev–Trinajstić information content (AvgIpc) is 2.46. The number of rotatable bonds is 5. The van der Waals surface area contributed by atoms with Gasteiger partial charge in [-0.05, 0) is 32.1 Å². The highest BCUT2D eigenvalue weighted by atomic mass is 15.2. The zero-order valence-electron chi connectivity index (χ0n) is 14.2. The second-order valence-electron chi connectivity index (χ2n) is 6.65. The lowest BCUT2D eigenvalue weighted by Crippen LogP contribution is -2.35. The summed E-state index contributed by atoms with van der Waals surface area (Å²) in [5.74, 6) is 4.21. The minimum atomic E-state index is 0.355. The molecule has 1 unspecified atom stereocenters. The van der Waals surface area contributed by atoms with Gasteiger partial charge in [-0.15, -0.1) is 0 Å². The van der Waals surface area contributed by atoms with Gasteiger partial charge in [0.25, 0.3) is 0 Å². The molecule has 1 atom stereocenters. The first-order chi connectivity index (χ1) is 10.0. The van der Waals surface area contributed by atoms with Crippen molar-refractivity contribution in [2.75, 3.05) is 29.9 Å². The van der Waals surface area contributed by atoms with Crippen LogP contribution in [0.5, 0.6) is 0 Å². The van der Waals surface area contributed by atoms with Crippen molar-refractivity contribution in [1.29, 1.82) is 0 Å². The van der Waals surface area contributed by atoms with Gasteiger partial charge in [-0.1, -0.05) is 27.7 Å². The Morgan fingerprint density at radius 2 is 2.10 bits per heavy atom. The van der Waals surface area contributed by atoms with Crippen LogP contribution in [0.1, 0.15) is 64.3 Å². The maximum Gasteiger partial charge on any atom is 0.137 e. The summed E-state index contributed by atoms with van der Waals surface area (Å²) in [6.07, 6.45) is 3.70. The van der Waals surface area contributed by atoms with Gasteiger partial charge in [0.15, 0.2) is 0 Å². The largest absolute Gasteiger partial charge is 0.370 e. The van der Waals surface area contributed by atoms with E-state index in [0.29, 0.717) is 5.92 Å². The summed E-state index contributed by atoms with van der Waals surface area (Å²) < 4.78 is 0. The zero-order chi connectivity index (χ0) is 15.4. The van der Waals surface area contributed by atoms with Crippen molar-refractivity contribution in [1.82, 2.24) is 9.97 Å². The third-order valence-corrected chi connectivity index (χ3v) is 4.15. The Morgan fingerprint density at radius 3 is 2.71 bits per heavy atom. The van der Waals surface area contributed by atoms with Crippen molar-refractivity contribution in [2.24, 2.45) is 5.92 Å². The van der Waals surface area contributed by atoms with Crippen LogP contribution in [0.3, 0.4) is 0 Å². The first-order valence-corrected chi connectivity index (χ1v) is 8.40. The van der Waals surface area contributed by atoms with E-state index in [4.69, 9.17) is 9.97 Å². The molecule has 1 N–H and O–H groups in total. The zero-order valence-corrected chi connectivity index (χ0v) is 14.2. The Kier molecular flexibility index (Phi) is 5.43. The number of aromatic nitrogens is 2. The molecular formula is C17H30N4. The van der Waals surface area contributed by atoms with Crippen molar-refractivity contribution in [3.8, 4) is 0 Å². The number of piperidine rings is 1. The van der Waals surface area contributed by atoms with E-state index in [1.807, 2.05) is 0 Å². The Bertz CT molecular complexity index is 470. The molecule has 4 nitrogen and oxygen atoms in total. The summed E-state index contributed by atoms with van der Waals surface area (Å²) in [6, 6.07) is 0. The minimum absolute atomic E-state index is 0.355. The fourth-order valence-electron chi connectivity index (χ4n) is 2.89. The number of nitrogens with zero attached hydrogens (tertiary/aromatic N) is 3. The van der Waals surface area contributed by atoms with Crippen molar-refractivity contribution < 1.29 is 0 Å². The Balaban J connectivity index is 2.35. The van der Waals surface area contributed by atoms with Gasteiger partial charge < -0.3 is 10.2 Å². The third-order valence-electron chi connectivity index (χ3n) is 4.15. The van der Waals surface area contributed by atoms with Crippen LogP contribution in [0.4, 0.5) is 11.6 Å². The maximum absolute atomic E-state index is 4.87.